The second kappa shape index (κ2) is 8.35. The van der Waals surface area contributed by atoms with Gasteiger partial charge in [-0.1, -0.05) is 54.1 Å². The fourth-order valence-electron chi connectivity index (χ4n) is 4.24. The predicted octanol–water partition coefficient (Wildman–Crippen LogP) is 5.25. The number of ketones is 1. The Morgan fingerprint density at radius 3 is 2.31 bits per heavy atom. The Kier molecular flexibility index (Phi) is 5.57. The number of hydrogen-bond acceptors (Lipinski definition) is 4. The van der Waals surface area contributed by atoms with Gasteiger partial charge in [-0.15, -0.1) is 0 Å². The zero-order valence-electron chi connectivity index (χ0n) is 18.5. The maximum atomic E-state index is 13.3. The lowest BCUT2D eigenvalue weighted by Crippen LogP contribution is -2.30. The molecule has 1 unspecified atom stereocenters. The number of nitrogens with zero attached hydrogens (tertiary/aromatic N) is 1. The molecule has 3 aromatic carbocycles. The lowest BCUT2D eigenvalue weighted by molar-refractivity contribution is -0.132. The third-order valence-electron chi connectivity index (χ3n) is 5.90. The van der Waals surface area contributed by atoms with Crippen LogP contribution in [0.2, 0.25) is 0 Å². The Bertz CT molecular complexity index is 1260. The molecule has 0 saturated carbocycles. The third kappa shape index (κ3) is 3.46. The van der Waals surface area contributed by atoms with E-state index in [0.717, 1.165) is 16.7 Å². The summed E-state index contributed by atoms with van der Waals surface area (Å²) in [6.07, 6.45) is 0. The van der Waals surface area contributed by atoms with Crippen molar-refractivity contribution >= 4 is 23.1 Å². The number of amides is 1. The van der Waals surface area contributed by atoms with E-state index < -0.39 is 17.7 Å². The largest absolute Gasteiger partial charge is 0.507 e. The molecule has 0 bridgehead atoms. The molecule has 1 heterocycles. The fourth-order valence-corrected chi connectivity index (χ4v) is 4.24. The molecule has 4 rings (SSSR count). The van der Waals surface area contributed by atoms with Crippen molar-refractivity contribution in [3.63, 3.8) is 0 Å². The van der Waals surface area contributed by atoms with E-state index in [-0.39, 0.29) is 11.3 Å². The van der Waals surface area contributed by atoms with E-state index in [1.54, 1.807) is 19.2 Å². The minimum Gasteiger partial charge on any atom is -0.507 e. The average Bonchev–Trinajstić information content (AvgIpc) is 3.05. The van der Waals surface area contributed by atoms with Crippen molar-refractivity contribution < 1.29 is 19.4 Å². The molecule has 1 atom stereocenters. The number of Topliss-reactive ketones (excluding diaryl/α,β-unsaturated/α-hetero) is 1. The maximum Gasteiger partial charge on any atom is 0.300 e. The van der Waals surface area contributed by atoms with E-state index in [1.165, 1.54) is 4.90 Å². The molecule has 0 aromatic heterocycles. The Morgan fingerprint density at radius 1 is 0.906 bits per heavy atom. The highest BCUT2D eigenvalue weighted by Crippen LogP contribution is 2.45. The first-order chi connectivity index (χ1) is 15.3. The summed E-state index contributed by atoms with van der Waals surface area (Å²) < 4.78 is 5.57. The lowest BCUT2D eigenvalue weighted by atomic mass is 9.92. The molecule has 162 valence electrons. The molecule has 3 aromatic rings. The molecular formula is C27H25NO4. The molecule has 5 heteroatoms. The van der Waals surface area contributed by atoms with Crippen molar-refractivity contribution in [3.05, 3.63) is 100 Å². The summed E-state index contributed by atoms with van der Waals surface area (Å²) in [7, 11) is 1.55. The predicted molar refractivity (Wildman–Crippen MR) is 125 cm³/mol. The van der Waals surface area contributed by atoms with Gasteiger partial charge in [-0.25, -0.2) is 0 Å². The summed E-state index contributed by atoms with van der Waals surface area (Å²) in [6.45, 7) is 5.67. The molecule has 1 saturated heterocycles. The number of carbonyl (C=O) groups excluding carboxylic acids is 2. The minimum absolute atomic E-state index is 0.0523. The first-order valence-corrected chi connectivity index (χ1v) is 10.4. The van der Waals surface area contributed by atoms with Crippen LogP contribution in [0.25, 0.3) is 5.76 Å². The minimum atomic E-state index is -0.827. The van der Waals surface area contributed by atoms with Crippen molar-refractivity contribution in [2.24, 2.45) is 0 Å². The number of rotatable bonds is 4. The molecule has 0 radical (unpaired) electrons. The van der Waals surface area contributed by atoms with Gasteiger partial charge in [0.2, 0.25) is 0 Å². The normalized spacial score (nSPS) is 17.6. The average molecular weight is 428 g/mol. The number of hydrogen-bond donors (Lipinski definition) is 1. The smallest absolute Gasteiger partial charge is 0.300 e. The van der Waals surface area contributed by atoms with E-state index in [0.29, 0.717) is 22.6 Å². The molecule has 1 aliphatic rings. The van der Waals surface area contributed by atoms with E-state index >= 15 is 0 Å². The number of para-hydroxylation sites is 2. The Morgan fingerprint density at radius 2 is 1.59 bits per heavy atom. The van der Waals surface area contributed by atoms with Crippen LogP contribution in [-0.2, 0) is 9.59 Å². The number of methoxy groups -OCH3 is 1. The number of anilines is 1. The zero-order chi connectivity index (χ0) is 23.0. The Labute approximate surface area is 187 Å². The second-order valence-electron chi connectivity index (χ2n) is 8.02. The first-order valence-electron chi connectivity index (χ1n) is 10.4. The van der Waals surface area contributed by atoms with Gasteiger partial charge in [0.05, 0.1) is 18.7 Å². The number of aliphatic hydroxyl groups excluding tert-OH is 1. The van der Waals surface area contributed by atoms with Gasteiger partial charge in [0.1, 0.15) is 11.5 Å². The first kappa shape index (κ1) is 21.4. The number of benzene rings is 3. The molecule has 32 heavy (non-hydrogen) atoms. The molecular weight excluding hydrogens is 402 g/mol. The Hall–Kier alpha value is -3.86. The highest BCUT2D eigenvalue weighted by atomic mass is 16.5. The summed E-state index contributed by atoms with van der Waals surface area (Å²) in [5.41, 5.74) is 4.44. The van der Waals surface area contributed by atoms with Crippen LogP contribution in [0.5, 0.6) is 5.75 Å². The van der Waals surface area contributed by atoms with Crippen LogP contribution >= 0.6 is 0 Å². The lowest BCUT2D eigenvalue weighted by Gasteiger charge is -2.28. The Balaban J connectivity index is 2.04. The zero-order valence-corrected chi connectivity index (χ0v) is 18.5. The third-order valence-corrected chi connectivity index (χ3v) is 5.90. The number of aliphatic hydroxyl groups is 1. The van der Waals surface area contributed by atoms with Gasteiger partial charge < -0.3 is 9.84 Å². The molecule has 0 spiro atoms. The second-order valence-corrected chi connectivity index (χ2v) is 8.02. The van der Waals surface area contributed by atoms with E-state index in [1.807, 2.05) is 75.4 Å². The topological polar surface area (TPSA) is 66.8 Å². The van der Waals surface area contributed by atoms with Crippen LogP contribution in [0.15, 0.2) is 72.3 Å². The van der Waals surface area contributed by atoms with Crippen molar-refractivity contribution in [2.45, 2.75) is 26.8 Å². The van der Waals surface area contributed by atoms with Crippen molar-refractivity contribution in [2.75, 3.05) is 12.0 Å². The summed E-state index contributed by atoms with van der Waals surface area (Å²) in [6, 6.07) is 19.5. The van der Waals surface area contributed by atoms with Gasteiger partial charge in [0.15, 0.2) is 0 Å². The molecule has 1 fully saturated rings. The van der Waals surface area contributed by atoms with Gasteiger partial charge in [0.25, 0.3) is 11.7 Å². The van der Waals surface area contributed by atoms with Gasteiger partial charge in [-0.2, -0.15) is 0 Å². The maximum absolute atomic E-state index is 13.3. The number of carbonyl (C=O) groups is 2. The van der Waals surface area contributed by atoms with Gasteiger partial charge in [0, 0.05) is 16.8 Å². The van der Waals surface area contributed by atoms with Crippen molar-refractivity contribution in [1.29, 1.82) is 0 Å². The molecule has 1 amide bonds. The van der Waals surface area contributed by atoms with Crippen LogP contribution in [0, 0.1) is 20.8 Å². The summed E-state index contributed by atoms with van der Waals surface area (Å²) in [4.78, 5) is 28.1. The van der Waals surface area contributed by atoms with E-state index in [2.05, 4.69) is 0 Å². The molecule has 1 aliphatic heterocycles. The van der Waals surface area contributed by atoms with Crippen LogP contribution in [0.1, 0.15) is 33.9 Å². The highest BCUT2D eigenvalue weighted by Gasteiger charge is 2.48. The fraction of sp³-hybridized carbons (Fsp3) is 0.185. The van der Waals surface area contributed by atoms with Crippen molar-refractivity contribution in [3.8, 4) is 5.75 Å². The van der Waals surface area contributed by atoms with Gasteiger partial charge in [-0.3, -0.25) is 14.5 Å². The van der Waals surface area contributed by atoms with Crippen LogP contribution in [-0.4, -0.2) is 23.9 Å². The highest BCUT2D eigenvalue weighted by molar-refractivity contribution is 6.51. The van der Waals surface area contributed by atoms with Crippen molar-refractivity contribution in [1.82, 2.24) is 0 Å². The quantitative estimate of drug-likeness (QED) is 0.351. The summed E-state index contributed by atoms with van der Waals surface area (Å²) >= 11 is 0. The molecule has 0 aliphatic carbocycles. The standard InChI is InChI=1S/C27H25NO4/c1-16-13-14-17(2)20(15-16)25(29)23-24(19-10-6-8-12-22(19)32-4)28(27(31)26(23)30)21-11-7-5-9-18(21)3/h5-15,24,29H,1-4H3/b25-23+. The molecule has 5 nitrogen and oxygen atoms in total. The summed E-state index contributed by atoms with van der Waals surface area (Å²) in [5, 5.41) is 11.4. The number of ether oxygens (including phenoxy) is 1. The van der Waals surface area contributed by atoms with Gasteiger partial charge in [-0.05, 0) is 50.1 Å². The van der Waals surface area contributed by atoms with E-state index in [9.17, 15) is 14.7 Å². The van der Waals surface area contributed by atoms with Crippen LogP contribution in [0.4, 0.5) is 5.69 Å². The van der Waals surface area contributed by atoms with Crippen LogP contribution < -0.4 is 9.64 Å². The monoisotopic (exact) mass is 427 g/mol. The van der Waals surface area contributed by atoms with Crippen LogP contribution in [0.3, 0.4) is 0 Å². The number of aryl methyl sites for hydroxylation is 3. The van der Waals surface area contributed by atoms with Gasteiger partial charge >= 0.3 is 0 Å². The SMILES string of the molecule is COc1ccccc1C1/C(=C(\O)c2cc(C)ccc2C)C(=O)C(=O)N1c1ccccc1C. The summed E-state index contributed by atoms with van der Waals surface area (Å²) in [5.74, 6) is -1.05. The van der Waals surface area contributed by atoms with E-state index in [4.69, 9.17) is 4.74 Å². The molecule has 1 N–H and O–H groups in total.